The van der Waals surface area contributed by atoms with Gasteiger partial charge in [-0.05, 0) is 116 Å². The SMILES string of the molecule is CC1(C)OB(c2cn[nH]c2)OC1(C)C.Cc1nnc2n1-c1ccc(-c3cn[nH]c3)cc1C(c1ccc(Cl)cc1)=N[C@H]2C.Cc1nnc2n1-c1ccc(Br)cc1C(c1ccc(Cl)cc1)=N[C@H]2C. The number of H-pyrrole nitrogens is 2. The fourth-order valence-corrected chi connectivity index (χ4v) is 8.60. The number of aromatic amines is 2. The lowest BCUT2D eigenvalue weighted by atomic mass is 9.82. The number of aliphatic imine (C=N–C) groups is 2. The Kier molecular flexibility index (Phi) is 12.3. The molecule has 7 heterocycles. The van der Waals surface area contributed by atoms with E-state index in [1.54, 1.807) is 12.4 Å². The van der Waals surface area contributed by atoms with Gasteiger partial charge in [-0.1, -0.05) is 69.5 Å². The van der Waals surface area contributed by atoms with Crippen molar-refractivity contribution in [2.75, 3.05) is 0 Å². The first-order valence-corrected chi connectivity index (χ1v) is 22.9. The molecule has 0 bridgehead atoms. The lowest BCUT2D eigenvalue weighted by Crippen LogP contribution is -2.41. The molecule has 4 aromatic carbocycles. The van der Waals surface area contributed by atoms with Crippen LogP contribution >= 0.6 is 39.1 Å². The van der Waals surface area contributed by atoms with Crippen molar-refractivity contribution in [2.45, 2.75) is 78.7 Å². The molecule has 0 amide bonds. The quantitative estimate of drug-likeness (QED) is 0.165. The van der Waals surface area contributed by atoms with Crippen LogP contribution < -0.4 is 5.46 Å². The topological polar surface area (TPSA) is 162 Å². The predicted molar refractivity (Wildman–Crippen MR) is 263 cm³/mol. The molecule has 14 nitrogen and oxygen atoms in total. The molecule has 66 heavy (non-hydrogen) atoms. The van der Waals surface area contributed by atoms with Gasteiger partial charge >= 0.3 is 7.12 Å². The summed E-state index contributed by atoms with van der Waals surface area (Å²) in [5, 5.41) is 32.2. The van der Waals surface area contributed by atoms with Crippen molar-refractivity contribution in [2.24, 2.45) is 9.98 Å². The van der Waals surface area contributed by atoms with Gasteiger partial charge in [0.05, 0.1) is 40.2 Å². The first-order valence-electron chi connectivity index (χ1n) is 21.4. The second-order valence-corrected chi connectivity index (χ2v) is 19.0. The number of aromatic nitrogens is 10. The summed E-state index contributed by atoms with van der Waals surface area (Å²) in [5.41, 5.74) is 10.5. The molecule has 11 rings (SSSR count). The maximum atomic E-state index is 6.11. The Balaban J connectivity index is 0.000000131. The van der Waals surface area contributed by atoms with Gasteiger partial charge in [0, 0.05) is 66.4 Å². The van der Waals surface area contributed by atoms with Crippen molar-refractivity contribution in [1.29, 1.82) is 0 Å². The van der Waals surface area contributed by atoms with Gasteiger partial charge in [0.25, 0.3) is 0 Å². The first kappa shape index (κ1) is 45.1. The zero-order valence-corrected chi connectivity index (χ0v) is 40.6. The summed E-state index contributed by atoms with van der Waals surface area (Å²) in [4.78, 5) is 9.96. The fourth-order valence-electron chi connectivity index (χ4n) is 7.98. The van der Waals surface area contributed by atoms with Gasteiger partial charge in [0.2, 0.25) is 0 Å². The first-order chi connectivity index (χ1) is 31.6. The van der Waals surface area contributed by atoms with Gasteiger partial charge in [-0.2, -0.15) is 10.2 Å². The zero-order chi connectivity index (χ0) is 46.5. The highest BCUT2D eigenvalue weighted by atomic mass is 79.9. The van der Waals surface area contributed by atoms with Crippen LogP contribution in [0.25, 0.3) is 22.5 Å². The summed E-state index contributed by atoms with van der Waals surface area (Å²) in [6.07, 6.45) is 7.22. The molecule has 1 saturated heterocycles. The van der Waals surface area contributed by atoms with E-state index in [0.717, 1.165) is 89.4 Å². The maximum Gasteiger partial charge on any atom is 0.498 e. The number of benzene rings is 4. The normalized spacial score (nSPS) is 17.6. The predicted octanol–water partition coefficient (Wildman–Crippen LogP) is 10.1. The molecule has 3 aliphatic heterocycles. The number of nitrogens with zero attached hydrogens (tertiary/aromatic N) is 10. The van der Waals surface area contributed by atoms with Crippen LogP contribution in [0.15, 0.2) is 124 Å². The summed E-state index contributed by atoms with van der Waals surface area (Å²) in [5.74, 6) is 3.37. The van der Waals surface area contributed by atoms with E-state index < -0.39 is 0 Å². The van der Waals surface area contributed by atoms with Gasteiger partial charge in [0.1, 0.15) is 23.7 Å². The molecular formula is C48H46BBrCl2N12O2. The molecule has 3 aliphatic rings. The third kappa shape index (κ3) is 8.71. The number of fused-ring (bicyclic) bond motifs is 6. The van der Waals surface area contributed by atoms with Crippen molar-refractivity contribution in [3.63, 3.8) is 0 Å². The molecule has 0 radical (unpaired) electrons. The van der Waals surface area contributed by atoms with Crippen LogP contribution in [0.1, 0.15) is 99.2 Å². The average molecular weight is 985 g/mol. The van der Waals surface area contributed by atoms with Crippen LogP contribution in [-0.2, 0) is 9.31 Å². The molecule has 2 N–H and O–H groups in total. The molecule has 0 saturated carbocycles. The van der Waals surface area contributed by atoms with Gasteiger partial charge in [-0.15, -0.1) is 20.4 Å². The monoisotopic (exact) mass is 982 g/mol. The summed E-state index contributed by atoms with van der Waals surface area (Å²) >= 11 is 15.7. The summed E-state index contributed by atoms with van der Waals surface area (Å²) < 4.78 is 16.8. The van der Waals surface area contributed by atoms with E-state index in [1.807, 2.05) is 122 Å². The van der Waals surface area contributed by atoms with E-state index in [-0.39, 0.29) is 30.4 Å². The summed E-state index contributed by atoms with van der Waals surface area (Å²) in [6, 6.07) is 27.8. The van der Waals surface area contributed by atoms with Crippen LogP contribution in [0.4, 0.5) is 0 Å². The Labute approximate surface area is 401 Å². The molecular weight excluding hydrogens is 938 g/mol. The number of aryl methyl sites for hydroxylation is 2. The van der Waals surface area contributed by atoms with Crippen molar-refractivity contribution in [3.05, 3.63) is 170 Å². The molecule has 18 heteroatoms. The van der Waals surface area contributed by atoms with E-state index in [1.165, 1.54) is 0 Å². The van der Waals surface area contributed by atoms with Crippen molar-refractivity contribution in [1.82, 2.24) is 49.9 Å². The lowest BCUT2D eigenvalue weighted by Gasteiger charge is -2.32. The molecule has 2 atom stereocenters. The highest BCUT2D eigenvalue weighted by Crippen LogP contribution is 2.37. The van der Waals surface area contributed by atoms with Crippen LogP contribution in [0.5, 0.6) is 0 Å². The number of halogens is 3. The molecule has 4 aromatic heterocycles. The van der Waals surface area contributed by atoms with Gasteiger partial charge < -0.3 is 9.31 Å². The average Bonchev–Trinajstić information content (AvgIpc) is 4.15. The van der Waals surface area contributed by atoms with Gasteiger partial charge in [-0.3, -0.25) is 29.3 Å². The van der Waals surface area contributed by atoms with Crippen molar-refractivity contribution < 1.29 is 9.31 Å². The summed E-state index contributed by atoms with van der Waals surface area (Å²) in [6.45, 7) is 16.1. The smallest absolute Gasteiger partial charge is 0.399 e. The van der Waals surface area contributed by atoms with E-state index >= 15 is 0 Å². The van der Waals surface area contributed by atoms with Crippen molar-refractivity contribution in [3.8, 4) is 22.5 Å². The van der Waals surface area contributed by atoms with E-state index in [2.05, 4.69) is 96.2 Å². The van der Waals surface area contributed by atoms with Gasteiger partial charge in [-0.25, -0.2) is 0 Å². The van der Waals surface area contributed by atoms with E-state index in [0.29, 0.717) is 10.0 Å². The lowest BCUT2D eigenvalue weighted by molar-refractivity contribution is 0.00578. The molecule has 1 fully saturated rings. The fraction of sp³-hybridized carbons (Fsp3) is 0.250. The largest absolute Gasteiger partial charge is 0.498 e. The van der Waals surface area contributed by atoms with Gasteiger partial charge in [0.15, 0.2) is 11.6 Å². The minimum atomic E-state index is -0.307. The Hall–Kier alpha value is -6.04. The second-order valence-electron chi connectivity index (χ2n) is 17.2. The van der Waals surface area contributed by atoms with Crippen molar-refractivity contribution >= 4 is 63.1 Å². The maximum absolute atomic E-state index is 6.11. The molecule has 0 unspecified atom stereocenters. The second kappa shape index (κ2) is 18.0. The Morgan fingerprint density at radius 1 is 0.591 bits per heavy atom. The van der Waals surface area contributed by atoms with Crippen LogP contribution in [0.2, 0.25) is 10.0 Å². The number of nitrogens with one attached hydrogen (secondary N) is 2. The highest BCUT2D eigenvalue weighted by molar-refractivity contribution is 9.10. The Bertz CT molecular complexity index is 3070. The highest BCUT2D eigenvalue weighted by Gasteiger charge is 2.52. The summed E-state index contributed by atoms with van der Waals surface area (Å²) in [7, 11) is -0.307. The Morgan fingerprint density at radius 2 is 1.06 bits per heavy atom. The number of rotatable bonds is 4. The molecule has 334 valence electrons. The van der Waals surface area contributed by atoms with E-state index in [9.17, 15) is 0 Å². The van der Waals surface area contributed by atoms with E-state index in [4.69, 9.17) is 42.5 Å². The zero-order valence-electron chi connectivity index (χ0n) is 37.5. The third-order valence-corrected chi connectivity index (χ3v) is 13.1. The van der Waals surface area contributed by atoms with Crippen LogP contribution in [0.3, 0.4) is 0 Å². The Morgan fingerprint density at radius 3 is 1.55 bits per heavy atom. The third-order valence-electron chi connectivity index (χ3n) is 12.2. The molecule has 0 aliphatic carbocycles. The minimum Gasteiger partial charge on any atom is -0.399 e. The standard InChI is InChI=1S/C21H17ClN6.C18H14BrClN4.C9H15BN2O2/c1-12-21-27-26-13(2)28(21)19-8-5-15(16-10-23-24-11-16)9-18(19)20(25-12)14-3-6-17(22)7-4-14;1-10-18-23-22-11(2)24(18)16-8-5-13(19)9-15(16)17(21-10)12-3-6-14(20)7-4-12;1-8(2)9(3,4)14-10(13-8)7-5-11-12-6-7/h3-12H,1-2H3,(H,23,24);3-10H,1-2H3;5-6H,1-4H3,(H,11,12)/t12-;10-;/m00./s1. The number of hydrogen-bond donors (Lipinski definition) is 2. The van der Waals surface area contributed by atoms with Crippen LogP contribution in [-0.4, -0.2) is 79.7 Å². The molecule has 0 spiro atoms. The molecule has 8 aromatic rings. The minimum absolute atomic E-state index is 0.0944. The number of hydrogen-bond acceptors (Lipinski definition) is 10. The van der Waals surface area contributed by atoms with Crippen LogP contribution in [0, 0.1) is 13.8 Å².